The van der Waals surface area contributed by atoms with Gasteiger partial charge in [-0.25, -0.2) is 0 Å². The van der Waals surface area contributed by atoms with Crippen LogP contribution in [0.15, 0.2) is 47.4 Å². The van der Waals surface area contributed by atoms with E-state index < -0.39 is 0 Å². The standard InChI is InChI=1S/C18H24N4/c1-3-21(4-2)10-11-22-18-12-15(7-8-17(18)14-20-22)16-6-5-9-19-13-16/h5-9,13-14,18H,3-4,10-12H2,1-2H3. The van der Waals surface area contributed by atoms with E-state index in [0.717, 1.165) is 32.6 Å². The van der Waals surface area contributed by atoms with E-state index in [9.17, 15) is 0 Å². The molecule has 0 bridgehead atoms. The summed E-state index contributed by atoms with van der Waals surface area (Å²) in [6, 6.07) is 4.52. The van der Waals surface area contributed by atoms with E-state index >= 15 is 0 Å². The third kappa shape index (κ3) is 3.12. The van der Waals surface area contributed by atoms with Gasteiger partial charge in [0.25, 0.3) is 0 Å². The maximum absolute atomic E-state index is 4.61. The Hall–Kier alpha value is -1.94. The van der Waals surface area contributed by atoms with Gasteiger partial charge in [0, 0.05) is 25.5 Å². The molecule has 0 N–H and O–H groups in total. The van der Waals surface area contributed by atoms with Crippen LogP contribution in [-0.2, 0) is 0 Å². The van der Waals surface area contributed by atoms with Gasteiger partial charge in [0.1, 0.15) is 0 Å². The molecule has 0 saturated heterocycles. The Morgan fingerprint density at radius 1 is 1.27 bits per heavy atom. The van der Waals surface area contributed by atoms with Crippen molar-refractivity contribution in [3.63, 3.8) is 0 Å². The molecule has 116 valence electrons. The van der Waals surface area contributed by atoms with E-state index in [2.05, 4.69) is 52.1 Å². The third-order valence-electron chi connectivity index (χ3n) is 4.56. The van der Waals surface area contributed by atoms with Gasteiger partial charge in [-0.05, 0) is 42.3 Å². The van der Waals surface area contributed by atoms with Gasteiger partial charge in [0.2, 0.25) is 0 Å². The highest BCUT2D eigenvalue weighted by atomic mass is 15.5. The fourth-order valence-corrected chi connectivity index (χ4v) is 3.09. The topological polar surface area (TPSA) is 31.7 Å². The summed E-state index contributed by atoms with van der Waals surface area (Å²) in [5.41, 5.74) is 3.89. The van der Waals surface area contributed by atoms with E-state index in [1.807, 2.05) is 24.7 Å². The fourth-order valence-electron chi connectivity index (χ4n) is 3.09. The van der Waals surface area contributed by atoms with Gasteiger partial charge >= 0.3 is 0 Å². The van der Waals surface area contributed by atoms with Crippen molar-refractivity contribution in [3.8, 4) is 0 Å². The first-order valence-electron chi connectivity index (χ1n) is 8.16. The number of nitrogens with zero attached hydrogens (tertiary/aromatic N) is 4. The number of aromatic nitrogens is 1. The molecule has 0 fully saturated rings. The molecular weight excluding hydrogens is 272 g/mol. The number of hydrogen-bond acceptors (Lipinski definition) is 4. The maximum Gasteiger partial charge on any atom is 0.0776 e. The van der Waals surface area contributed by atoms with Crippen molar-refractivity contribution in [2.75, 3.05) is 26.2 Å². The first kappa shape index (κ1) is 15.0. The van der Waals surface area contributed by atoms with Gasteiger partial charge in [-0.2, -0.15) is 5.10 Å². The number of fused-ring (bicyclic) bond motifs is 1. The molecule has 2 aliphatic rings. The van der Waals surface area contributed by atoms with Crippen LogP contribution in [0.3, 0.4) is 0 Å². The zero-order valence-electron chi connectivity index (χ0n) is 13.4. The molecule has 4 nitrogen and oxygen atoms in total. The zero-order chi connectivity index (χ0) is 15.4. The van der Waals surface area contributed by atoms with Gasteiger partial charge in [-0.1, -0.05) is 32.1 Å². The lowest BCUT2D eigenvalue weighted by Gasteiger charge is -2.29. The number of hydrogen-bond donors (Lipinski definition) is 0. The molecule has 1 aliphatic carbocycles. The highest BCUT2D eigenvalue weighted by molar-refractivity contribution is 5.86. The van der Waals surface area contributed by atoms with Crippen molar-refractivity contribution in [3.05, 3.63) is 47.8 Å². The molecule has 1 unspecified atom stereocenters. The van der Waals surface area contributed by atoms with Crippen molar-refractivity contribution in [1.82, 2.24) is 14.9 Å². The molecular formula is C18H24N4. The van der Waals surface area contributed by atoms with Crippen molar-refractivity contribution in [1.29, 1.82) is 0 Å². The van der Waals surface area contributed by atoms with E-state index in [0.29, 0.717) is 6.04 Å². The molecule has 0 amide bonds. The monoisotopic (exact) mass is 296 g/mol. The van der Waals surface area contributed by atoms with Crippen LogP contribution in [0.1, 0.15) is 25.8 Å². The predicted octanol–water partition coefficient (Wildman–Crippen LogP) is 2.81. The summed E-state index contributed by atoms with van der Waals surface area (Å²) in [5.74, 6) is 0. The first-order valence-corrected chi connectivity index (χ1v) is 8.16. The van der Waals surface area contributed by atoms with Crippen LogP contribution in [-0.4, -0.2) is 53.3 Å². The Balaban J connectivity index is 1.67. The normalized spacial score (nSPS) is 20.1. The maximum atomic E-state index is 4.61. The van der Waals surface area contributed by atoms with Gasteiger partial charge in [-0.3, -0.25) is 9.99 Å². The predicted molar refractivity (Wildman–Crippen MR) is 91.7 cm³/mol. The van der Waals surface area contributed by atoms with Crippen molar-refractivity contribution in [2.45, 2.75) is 26.3 Å². The third-order valence-corrected chi connectivity index (χ3v) is 4.56. The highest BCUT2D eigenvalue weighted by Gasteiger charge is 2.28. The smallest absolute Gasteiger partial charge is 0.0776 e. The lowest BCUT2D eigenvalue weighted by molar-refractivity contribution is 0.201. The molecule has 1 aromatic rings. The number of allylic oxidation sites excluding steroid dienone is 2. The molecule has 1 aliphatic heterocycles. The van der Waals surface area contributed by atoms with E-state index in [1.165, 1.54) is 16.7 Å². The molecule has 22 heavy (non-hydrogen) atoms. The zero-order valence-corrected chi connectivity index (χ0v) is 13.4. The van der Waals surface area contributed by atoms with Crippen molar-refractivity contribution in [2.24, 2.45) is 5.10 Å². The van der Waals surface area contributed by atoms with Crippen LogP contribution in [0.2, 0.25) is 0 Å². The molecule has 0 radical (unpaired) electrons. The molecule has 3 rings (SSSR count). The molecule has 1 aromatic heterocycles. The van der Waals surface area contributed by atoms with E-state index in [1.54, 1.807) is 0 Å². The Kier molecular flexibility index (Phi) is 4.68. The Morgan fingerprint density at radius 3 is 2.86 bits per heavy atom. The first-order chi connectivity index (χ1) is 10.8. The lowest BCUT2D eigenvalue weighted by Crippen LogP contribution is -2.37. The van der Waals surface area contributed by atoms with Gasteiger partial charge in [0.15, 0.2) is 0 Å². The van der Waals surface area contributed by atoms with Crippen LogP contribution in [0.4, 0.5) is 0 Å². The van der Waals surface area contributed by atoms with Gasteiger partial charge in [0.05, 0.1) is 12.3 Å². The number of rotatable bonds is 6. The summed E-state index contributed by atoms with van der Waals surface area (Å²) in [6.07, 6.45) is 11.2. The molecule has 1 atom stereocenters. The van der Waals surface area contributed by atoms with Crippen LogP contribution in [0, 0.1) is 0 Å². The van der Waals surface area contributed by atoms with Gasteiger partial charge < -0.3 is 4.90 Å². The molecule has 0 saturated carbocycles. The number of hydrazone groups is 1. The van der Waals surface area contributed by atoms with Crippen LogP contribution in [0.25, 0.3) is 5.57 Å². The summed E-state index contributed by atoms with van der Waals surface area (Å²) in [7, 11) is 0. The Morgan fingerprint density at radius 2 is 2.14 bits per heavy atom. The highest BCUT2D eigenvalue weighted by Crippen LogP contribution is 2.31. The Bertz CT molecular complexity index is 584. The minimum Gasteiger partial charge on any atom is -0.302 e. The summed E-state index contributed by atoms with van der Waals surface area (Å²) in [4.78, 5) is 6.68. The molecule has 4 heteroatoms. The Labute approximate surface area is 132 Å². The second kappa shape index (κ2) is 6.88. The second-order valence-corrected chi connectivity index (χ2v) is 5.75. The molecule has 0 spiro atoms. The average molecular weight is 296 g/mol. The van der Waals surface area contributed by atoms with E-state index in [4.69, 9.17) is 0 Å². The molecule has 0 aromatic carbocycles. The largest absolute Gasteiger partial charge is 0.302 e. The lowest BCUT2D eigenvalue weighted by atomic mass is 9.90. The number of likely N-dealkylation sites (N-methyl/N-ethyl adjacent to an activating group) is 1. The summed E-state index contributed by atoms with van der Waals surface area (Å²) < 4.78 is 0. The minimum absolute atomic E-state index is 0.385. The van der Waals surface area contributed by atoms with Gasteiger partial charge in [-0.15, -0.1) is 0 Å². The second-order valence-electron chi connectivity index (χ2n) is 5.75. The summed E-state index contributed by atoms with van der Waals surface area (Å²) >= 11 is 0. The minimum atomic E-state index is 0.385. The van der Waals surface area contributed by atoms with Crippen LogP contribution >= 0.6 is 0 Å². The molecule has 2 heterocycles. The quantitative estimate of drug-likeness (QED) is 0.809. The van der Waals surface area contributed by atoms with Crippen molar-refractivity contribution < 1.29 is 0 Å². The number of pyridine rings is 1. The van der Waals surface area contributed by atoms with Crippen molar-refractivity contribution >= 4 is 11.8 Å². The average Bonchev–Trinajstić information content (AvgIpc) is 2.99. The summed E-state index contributed by atoms with van der Waals surface area (Å²) in [5, 5.41) is 6.86. The van der Waals surface area contributed by atoms with Crippen LogP contribution in [0.5, 0.6) is 0 Å². The fraction of sp³-hybridized carbons (Fsp3) is 0.444. The summed E-state index contributed by atoms with van der Waals surface area (Å²) in [6.45, 7) is 8.68. The van der Waals surface area contributed by atoms with Crippen LogP contribution < -0.4 is 0 Å². The van der Waals surface area contributed by atoms with E-state index in [-0.39, 0.29) is 0 Å². The SMILES string of the molecule is CCN(CC)CCN1N=CC2=CC=C(c3cccnc3)CC21.